The average Bonchev–Trinajstić information content (AvgIpc) is 3.19. The van der Waals surface area contributed by atoms with Gasteiger partial charge in [-0.1, -0.05) is 90.5 Å². The molecule has 0 aliphatic heterocycles. The highest BCUT2D eigenvalue weighted by atomic mass is 15.3. The maximum Gasteiger partial charge on any atom is 0.251 e. The highest BCUT2D eigenvalue weighted by Crippen LogP contribution is 2.34. The van der Waals surface area contributed by atoms with Crippen LogP contribution in [0.1, 0.15) is 11.1 Å². The zero-order valence-electron chi connectivity index (χ0n) is 16.6. The molecule has 0 aliphatic carbocycles. The van der Waals surface area contributed by atoms with E-state index in [0.717, 1.165) is 33.5 Å². The van der Waals surface area contributed by atoms with Gasteiger partial charge >= 0.3 is 0 Å². The van der Waals surface area contributed by atoms with Crippen LogP contribution in [0.2, 0.25) is 0 Å². The van der Waals surface area contributed by atoms with Gasteiger partial charge in [0.1, 0.15) is 11.2 Å². The molecule has 0 amide bonds. The number of aromatic nitrogens is 3. The second kappa shape index (κ2) is 7.76. The first-order valence-electron chi connectivity index (χ1n) is 9.89. The molecule has 0 aliphatic rings. The van der Waals surface area contributed by atoms with Crippen molar-refractivity contribution in [2.45, 2.75) is 6.92 Å². The smallest absolute Gasteiger partial charge is 0.219 e. The van der Waals surface area contributed by atoms with Crippen LogP contribution in [0.4, 0.5) is 5.95 Å². The molecule has 2 aromatic heterocycles. The molecule has 144 valence electrons. The molecule has 5 rings (SSSR count). The minimum absolute atomic E-state index is 0.558. The number of rotatable bonds is 4. The van der Waals surface area contributed by atoms with E-state index in [0.29, 0.717) is 5.95 Å². The topological polar surface area (TPSA) is 42.5 Å². The van der Waals surface area contributed by atoms with Crippen LogP contribution >= 0.6 is 0 Å². The Bertz CT molecular complexity index is 1320. The summed E-state index contributed by atoms with van der Waals surface area (Å²) in [6.07, 6.45) is 3.64. The summed E-state index contributed by atoms with van der Waals surface area (Å²) in [4.78, 5) is 9.56. The van der Waals surface area contributed by atoms with Gasteiger partial charge in [0.15, 0.2) is 0 Å². The second-order valence-electron chi connectivity index (χ2n) is 7.17. The molecule has 0 N–H and O–H groups in total. The number of hydrogen-bond donors (Lipinski definition) is 0. The fourth-order valence-electron chi connectivity index (χ4n) is 3.52. The van der Waals surface area contributed by atoms with Gasteiger partial charge in [-0.05, 0) is 24.1 Å². The van der Waals surface area contributed by atoms with E-state index in [1.165, 1.54) is 5.56 Å². The van der Waals surface area contributed by atoms with Crippen molar-refractivity contribution in [1.82, 2.24) is 14.6 Å². The molecule has 2 heterocycles. The lowest BCUT2D eigenvalue weighted by molar-refractivity contribution is 0.926. The predicted octanol–water partition coefficient (Wildman–Crippen LogP) is 6.12. The molecule has 0 saturated carbocycles. The van der Waals surface area contributed by atoms with E-state index in [4.69, 9.17) is 4.98 Å². The highest BCUT2D eigenvalue weighted by Gasteiger charge is 2.17. The molecule has 0 radical (unpaired) electrons. The monoisotopic (exact) mass is 388 g/mol. The zero-order valence-corrected chi connectivity index (χ0v) is 16.6. The van der Waals surface area contributed by atoms with Gasteiger partial charge in [-0.25, -0.2) is 9.98 Å². The number of aliphatic imine (C=N–C) groups is 1. The average molecular weight is 388 g/mol. The van der Waals surface area contributed by atoms with Gasteiger partial charge < -0.3 is 0 Å². The maximum absolute atomic E-state index is 4.88. The van der Waals surface area contributed by atoms with Gasteiger partial charge in [0, 0.05) is 23.5 Å². The lowest BCUT2D eigenvalue weighted by Crippen LogP contribution is -1.93. The van der Waals surface area contributed by atoms with Crippen LogP contribution in [-0.4, -0.2) is 20.8 Å². The quantitative estimate of drug-likeness (QED) is 0.348. The van der Waals surface area contributed by atoms with Crippen molar-refractivity contribution >= 4 is 17.7 Å². The van der Waals surface area contributed by atoms with E-state index in [-0.39, 0.29) is 0 Å². The second-order valence-corrected chi connectivity index (χ2v) is 7.17. The summed E-state index contributed by atoms with van der Waals surface area (Å²) in [6.45, 7) is 2.07. The van der Waals surface area contributed by atoms with Crippen molar-refractivity contribution in [1.29, 1.82) is 0 Å². The minimum atomic E-state index is 0.558. The number of hydrogen-bond acceptors (Lipinski definition) is 3. The van der Waals surface area contributed by atoms with E-state index in [1.54, 1.807) is 6.20 Å². The van der Waals surface area contributed by atoms with Crippen LogP contribution in [0, 0.1) is 6.92 Å². The fourth-order valence-corrected chi connectivity index (χ4v) is 3.52. The molecule has 0 fully saturated rings. The summed E-state index contributed by atoms with van der Waals surface area (Å²) >= 11 is 0. The molecule has 30 heavy (non-hydrogen) atoms. The number of imidazole rings is 1. The molecular formula is C26H20N4. The van der Waals surface area contributed by atoms with Crippen LogP contribution in [0.5, 0.6) is 0 Å². The molecule has 3 aromatic carbocycles. The van der Waals surface area contributed by atoms with Crippen LogP contribution in [0.3, 0.4) is 0 Å². The molecule has 0 saturated heterocycles. The first-order valence-corrected chi connectivity index (χ1v) is 9.89. The third-order valence-electron chi connectivity index (χ3n) is 5.05. The van der Waals surface area contributed by atoms with E-state index in [1.807, 2.05) is 53.2 Å². The van der Waals surface area contributed by atoms with Gasteiger partial charge in [-0.2, -0.15) is 9.61 Å². The third kappa shape index (κ3) is 3.40. The molecule has 0 unspecified atom stereocenters. The first kappa shape index (κ1) is 18.0. The van der Waals surface area contributed by atoms with Gasteiger partial charge in [-0.15, -0.1) is 0 Å². The summed E-state index contributed by atoms with van der Waals surface area (Å²) in [5.74, 6) is 0.558. The Labute approximate surface area is 175 Å². The van der Waals surface area contributed by atoms with Crippen molar-refractivity contribution in [2.24, 2.45) is 4.99 Å². The Hall–Kier alpha value is -4.05. The Kier molecular flexibility index (Phi) is 4.66. The summed E-state index contributed by atoms with van der Waals surface area (Å²) in [5.41, 5.74) is 7.31. The SMILES string of the molecule is Cc1ccc(/C=N/c2nc(-c3ccccc3)c3c(-c4ccccc4)ccnn23)cc1. The van der Waals surface area contributed by atoms with Crippen LogP contribution in [0.15, 0.2) is 102 Å². The molecular weight excluding hydrogens is 368 g/mol. The Morgan fingerprint density at radius 3 is 2.13 bits per heavy atom. The molecule has 4 nitrogen and oxygen atoms in total. The Morgan fingerprint density at radius 2 is 1.43 bits per heavy atom. The predicted molar refractivity (Wildman–Crippen MR) is 122 cm³/mol. The van der Waals surface area contributed by atoms with Crippen molar-refractivity contribution < 1.29 is 0 Å². The van der Waals surface area contributed by atoms with Crippen molar-refractivity contribution in [3.63, 3.8) is 0 Å². The van der Waals surface area contributed by atoms with Crippen LogP contribution < -0.4 is 0 Å². The van der Waals surface area contributed by atoms with Crippen molar-refractivity contribution in [3.05, 3.63) is 108 Å². The van der Waals surface area contributed by atoms with Crippen molar-refractivity contribution in [3.8, 4) is 22.4 Å². The maximum atomic E-state index is 4.88. The standard InChI is InChI=1S/C26H20N4/c1-19-12-14-20(15-13-19)18-27-26-29-24(22-10-6-3-7-11-22)25-23(16-17-28-30(25)26)21-8-4-2-5-9-21/h2-18H,1H3/b27-18+. The first-order chi connectivity index (χ1) is 14.8. The summed E-state index contributed by atoms with van der Waals surface area (Å²) in [7, 11) is 0. The number of fused-ring (bicyclic) bond motifs is 1. The Balaban J connectivity index is 1.72. The number of nitrogens with zero attached hydrogens (tertiary/aromatic N) is 4. The van der Waals surface area contributed by atoms with Gasteiger partial charge in [0.05, 0.1) is 0 Å². The molecule has 0 bridgehead atoms. The summed E-state index contributed by atoms with van der Waals surface area (Å²) < 4.78 is 1.83. The van der Waals surface area contributed by atoms with Crippen molar-refractivity contribution in [2.75, 3.05) is 0 Å². The summed E-state index contributed by atoms with van der Waals surface area (Å²) in [5, 5.41) is 4.58. The van der Waals surface area contributed by atoms with Gasteiger partial charge in [-0.3, -0.25) is 0 Å². The largest absolute Gasteiger partial charge is 0.251 e. The number of benzene rings is 3. The number of aryl methyl sites for hydroxylation is 1. The molecule has 5 aromatic rings. The van der Waals surface area contributed by atoms with E-state index in [9.17, 15) is 0 Å². The third-order valence-corrected chi connectivity index (χ3v) is 5.05. The Morgan fingerprint density at radius 1 is 0.767 bits per heavy atom. The summed E-state index contributed by atoms with van der Waals surface area (Å²) in [6, 6.07) is 30.8. The van der Waals surface area contributed by atoms with Gasteiger partial charge in [0.2, 0.25) is 0 Å². The molecule has 0 spiro atoms. The minimum Gasteiger partial charge on any atom is -0.219 e. The van der Waals surface area contributed by atoms with E-state index in [2.05, 4.69) is 65.5 Å². The van der Waals surface area contributed by atoms with E-state index < -0.39 is 0 Å². The molecule has 4 heteroatoms. The molecule has 0 atom stereocenters. The van der Waals surface area contributed by atoms with Gasteiger partial charge in [0.25, 0.3) is 5.95 Å². The normalized spacial score (nSPS) is 11.4. The fraction of sp³-hybridized carbons (Fsp3) is 0.0385. The highest BCUT2D eigenvalue weighted by molar-refractivity contribution is 5.92. The lowest BCUT2D eigenvalue weighted by atomic mass is 10.0. The lowest BCUT2D eigenvalue weighted by Gasteiger charge is -2.06. The zero-order chi connectivity index (χ0) is 20.3. The van der Waals surface area contributed by atoms with E-state index >= 15 is 0 Å². The van der Waals surface area contributed by atoms with Crippen LogP contribution in [0.25, 0.3) is 27.9 Å². The van der Waals surface area contributed by atoms with Crippen LogP contribution in [-0.2, 0) is 0 Å².